The van der Waals surface area contributed by atoms with E-state index in [0.29, 0.717) is 17.5 Å². The number of aryl methyl sites for hydroxylation is 1. The van der Waals surface area contributed by atoms with E-state index in [9.17, 15) is 4.79 Å². The largest absolute Gasteiger partial charge is 0.305 e. The van der Waals surface area contributed by atoms with Crippen LogP contribution in [0.4, 0.5) is 5.82 Å². The minimum Gasteiger partial charge on any atom is -0.305 e. The number of carbonyl (C=O) groups is 1. The van der Waals surface area contributed by atoms with Crippen LogP contribution in [-0.4, -0.2) is 30.6 Å². The molecule has 3 aromatic heterocycles. The van der Waals surface area contributed by atoms with E-state index in [0.717, 1.165) is 16.3 Å². The molecule has 0 aliphatic rings. The van der Waals surface area contributed by atoms with Crippen LogP contribution < -0.4 is 5.32 Å². The predicted molar refractivity (Wildman–Crippen MR) is 118 cm³/mol. The molecule has 0 fully saturated rings. The Morgan fingerprint density at radius 1 is 1.10 bits per heavy atom. The number of nitrogens with zero attached hydrogens (tertiary/aromatic N) is 5. The number of thiazole rings is 1. The molecule has 4 aromatic rings. The van der Waals surface area contributed by atoms with Gasteiger partial charge in [-0.3, -0.25) is 4.79 Å². The maximum atomic E-state index is 12.9. The van der Waals surface area contributed by atoms with E-state index >= 15 is 0 Å². The average Bonchev–Trinajstić information content (AvgIpc) is 3.37. The van der Waals surface area contributed by atoms with Gasteiger partial charge in [-0.1, -0.05) is 50.6 Å². The summed E-state index contributed by atoms with van der Waals surface area (Å²) in [6.45, 7) is 8.22. The van der Waals surface area contributed by atoms with Crippen molar-refractivity contribution in [3.63, 3.8) is 0 Å². The van der Waals surface area contributed by atoms with E-state index < -0.39 is 0 Å². The molecule has 152 valence electrons. The maximum absolute atomic E-state index is 12.9. The fraction of sp³-hybridized carbons (Fsp3) is 0.227. The normalized spacial score (nSPS) is 11.5. The summed E-state index contributed by atoms with van der Waals surface area (Å²) >= 11 is 1.44. The molecule has 30 heavy (non-hydrogen) atoms. The van der Waals surface area contributed by atoms with Crippen molar-refractivity contribution in [2.24, 2.45) is 0 Å². The molecule has 0 spiro atoms. The van der Waals surface area contributed by atoms with Gasteiger partial charge in [-0.15, -0.1) is 11.3 Å². The van der Waals surface area contributed by atoms with Crippen LogP contribution in [0.2, 0.25) is 0 Å². The Bertz CT molecular complexity index is 1170. The molecule has 1 aromatic carbocycles. The number of rotatable bonds is 4. The van der Waals surface area contributed by atoms with Crippen LogP contribution in [0.25, 0.3) is 16.5 Å². The standard InChI is InChI=1S/C22H22N6OS/c1-14-6-8-15(9-7-14)20-25-16(13-30-20)19(29)26-18-12-17(22(2,3)4)27-28(18)21-23-10-5-11-24-21/h5-13H,1-4H3,(H,26,29). The van der Waals surface area contributed by atoms with Crippen molar-refractivity contribution in [1.29, 1.82) is 0 Å². The molecule has 0 aliphatic heterocycles. The summed E-state index contributed by atoms with van der Waals surface area (Å²) in [5.74, 6) is 0.588. The SMILES string of the molecule is Cc1ccc(-c2nc(C(=O)Nc3cc(C(C)(C)C)nn3-c3ncccn3)cs2)cc1. The van der Waals surface area contributed by atoms with Gasteiger partial charge in [0.25, 0.3) is 11.9 Å². The minimum atomic E-state index is -0.304. The number of hydrogen-bond donors (Lipinski definition) is 1. The zero-order valence-electron chi connectivity index (χ0n) is 17.2. The van der Waals surface area contributed by atoms with Crippen LogP contribution >= 0.6 is 11.3 Å². The molecule has 0 saturated heterocycles. The van der Waals surface area contributed by atoms with Gasteiger partial charge in [0, 0.05) is 34.8 Å². The Labute approximate surface area is 178 Å². The van der Waals surface area contributed by atoms with E-state index in [4.69, 9.17) is 0 Å². The van der Waals surface area contributed by atoms with Crippen molar-refractivity contribution < 1.29 is 4.79 Å². The number of nitrogens with one attached hydrogen (secondary N) is 1. The fourth-order valence-corrected chi connectivity index (χ4v) is 3.58. The number of hydrogen-bond acceptors (Lipinski definition) is 6. The van der Waals surface area contributed by atoms with Crippen molar-refractivity contribution in [2.45, 2.75) is 33.1 Å². The molecule has 1 N–H and O–H groups in total. The first-order valence-corrected chi connectivity index (χ1v) is 10.4. The van der Waals surface area contributed by atoms with Crippen LogP contribution in [0.5, 0.6) is 0 Å². The zero-order chi connectivity index (χ0) is 21.3. The van der Waals surface area contributed by atoms with Gasteiger partial charge in [-0.25, -0.2) is 15.0 Å². The van der Waals surface area contributed by atoms with E-state index in [2.05, 4.69) is 46.1 Å². The van der Waals surface area contributed by atoms with Gasteiger partial charge >= 0.3 is 0 Å². The first kappa shape index (κ1) is 19.9. The molecule has 0 radical (unpaired) electrons. The molecule has 0 bridgehead atoms. The Morgan fingerprint density at radius 3 is 2.47 bits per heavy atom. The van der Waals surface area contributed by atoms with Gasteiger partial charge < -0.3 is 5.32 Å². The van der Waals surface area contributed by atoms with E-state index in [1.54, 1.807) is 28.5 Å². The predicted octanol–water partition coefficient (Wildman–Crippen LogP) is 4.64. The Hall–Kier alpha value is -3.39. The molecule has 0 saturated carbocycles. The number of amides is 1. The van der Waals surface area contributed by atoms with E-state index in [-0.39, 0.29) is 11.3 Å². The number of carbonyl (C=O) groups excluding carboxylic acids is 1. The first-order chi connectivity index (χ1) is 14.3. The molecule has 8 heteroatoms. The third-order valence-corrected chi connectivity index (χ3v) is 5.39. The van der Waals surface area contributed by atoms with Crippen LogP contribution in [-0.2, 0) is 5.41 Å². The summed E-state index contributed by atoms with van der Waals surface area (Å²) in [5, 5.41) is 10.1. The quantitative estimate of drug-likeness (QED) is 0.522. The van der Waals surface area contributed by atoms with Crippen LogP contribution in [0.1, 0.15) is 42.5 Å². The van der Waals surface area contributed by atoms with Crippen LogP contribution in [0.3, 0.4) is 0 Å². The monoisotopic (exact) mass is 418 g/mol. The number of anilines is 1. The van der Waals surface area contributed by atoms with Crippen molar-refractivity contribution in [1.82, 2.24) is 24.7 Å². The molecule has 1 amide bonds. The lowest BCUT2D eigenvalue weighted by molar-refractivity contribution is 0.102. The fourth-order valence-electron chi connectivity index (χ4n) is 2.78. The highest BCUT2D eigenvalue weighted by atomic mass is 32.1. The van der Waals surface area contributed by atoms with Crippen molar-refractivity contribution >= 4 is 23.1 Å². The second kappa shape index (κ2) is 7.79. The lowest BCUT2D eigenvalue weighted by Gasteiger charge is -2.13. The summed E-state index contributed by atoms with van der Waals surface area (Å²) in [6.07, 6.45) is 3.28. The van der Waals surface area contributed by atoms with Crippen LogP contribution in [0.15, 0.2) is 54.2 Å². The average molecular weight is 419 g/mol. The van der Waals surface area contributed by atoms with Crippen molar-refractivity contribution in [3.8, 4) is 16.5 Å². The smallest absolute Gasteiger partial charge is 0.276 e. The summed E-state index contributed by atoms with van der Waals surface area (Å²) < 4.78 is 1.55. The Kier molecular flexibility index (Phi) is 5.17. The molecule has 0 unspecified atom stereocenters. The first-order valence-electron chi connectivity index (χ1n) is 9.53. The van der Waals surface area contributed by atoms with Gasteiger partial charge in [0.1, 0.15) is 16.5 Å². The molecule has 0 atom stereocenters. The second-order valence-electron chi connectivity index (χ2n) is 7.98. The lowest BCUT2D eigenvalue weighted by Crippen LogP contribution is -2.16. The van der Waals surface area contributed by atoms with Crippen LogP contribution in [0, 0.1) is 6.92 Å². The molecule has 7 nitrogen and oxygen atoms in total. The summed E-state index contributed by atoms with van der Waals surface area (Å²) in [6, 6.07) is 11.7. The highest BCUT2D eigenvalue weighted by Crippen LogP contribution is 2.27. The molecule has 3 heterocycles. The van der Waals surface area contributed by atoms with Gasteiger partial charge in [0.2, 0.25) is 0 Å². The zero-order valence-corrected chi connectivity index (χ0v) is 18.1. The second-order valence-corrected chi connectivity index (χ2v) is 8.84. The molecule has 4 rings (SSSR count). The van der Waals surface area contributed by atoms with Gasteiger partial charge in [-0.2, -0.15) is 9.78 Å². The number of benzene rings is 1. The topological polar surface area (TPSA) is 85.6 Å². The van der Waals surface area contributed by atoms with E-state index in [1.165, 1.54) is 16.9 Å². The van der Waals surface area contributed by atoms with Crippen molar-refractivity contribution in [3.05, 3.63) is 71.1 Å². The highest BCUT2D eigenvalue weighted by molar-refractivity contribution is 7.13. The highest BCUT2D eigenvalue weighted by Gasteiger charge is 2.23. The molecular formula is C22H22N6OS. The Morgan fingerprint density at radius 2 is 1.80 bits per heavy atom. The van der Waals surface area contributed by atoms with Gasteiger partial charge in [0.05, 0.1) is 5.69 Å². The third-order valence-electron chi connectivity index (χ3n) is 4.50. The summed E-state index contributed by atoms with van der Waals surface area (Å²) in [7, 11) is 0. The molecular weight excluding hydrogens is 396 g/mol. The van der Waals surface area contributed by atoms with Crippen molar-refractivity contribution in [2.75, 3.05) is 5.32 Å². The van der Waals surface area contributed by atoms with Gasteiger partial charge in [-0.05, 0) is 13.0 Å². The summed E-state index contributed by atoms with van der Waals surface area (Å²) in [4.78, 5) is 25.9. The minimum absolute atomic E-state index is 0.196. The number of aromatic nitrogens is 5. The molecule has 0 aliphatic carbocycles. The lowest BCUT2D eigenvalue weighted by atomic mass is 9.92. The Balaban J connectivity index is 1.63. The summed E-state index contributed by atoms with van der Waals surface area (Å²) in [5.41, 5.74) is 3.15. The maximum Gasteiger partial charge on any atom is 0.276 e. The third kappa shape index (κ3) is 4.13. The van der Waals surface area contributed by atoms with E-state index in [1.807, 2.05) is 37.3 Å². The van der Waals surface area contributed by atoms with Gasteiger partial charge in [0.15, 0.2) is 0 Å².